The molecule has 14 heavy (non-hydrogen) atoms. The number of carboxylic acids is 1. The molecule has 0 radical (unpaired) electrons. The molecule has 5 nitrogen and oxygen atoms in total. The molecule has 0 aliphatic rings. The van der Waals surface area contributed by atoms with Crippen LogP contribution >= 0.6 is 12.0 Å². The molecule has 0 saturated carbocycles. The number of hydrogen-bond acceptors (Lipinski definition) is 6. The second-order valence-electron chi connectivity index (χ2n) is 2.46. The molecule has 0 aromatic heterocycles. The summed E-state index contributed by atoms with van der Waals surface area (Å²) >= 11 is -0.0356. The molecule has 0 rings (SSSR count). The zero-order valence-electron chi connectivity index (χ0n) is 9.14. The van der Waals surface area contributed by atoms with Gasteiger partial charge in [0, 0.05) is 14.1 Å². The van der Waals surface area contributed by atoms with E-state index in [4.69, 9.17) is 4.84 Å². The number of nitrogens with zero attached hydrogens (tertiary/aromatic N) is 1. The van der Waals surface area contributed by atoms with Crippen LogP contribution in [0.3, 0.4) is 0 Å². The first-order chi connectivity index (χ1) is 5.49. The van der Waals surface area contributed by atoms with E-state index in [0.29, 0.717) is 0 Å². The number of hydroxylamine groups is 2. The fraction of sp³-hybridized carbons (Fsp3) is 0.833. The number of rotatable bonds is 5. The number of aliphatic carboxylic acids is 1. The van der Waals surface area contributed by atoms with Gasteiger partial charge in [0.25, 0.3) is 0 Å². The zero-order chi connectivity index (χ0) is 9.72. The molecule has 0 aromatic rings. The van der Waals surface area contributed by atoms with E-state index in [1.807, 2.05) is 0 Å². The van der Waals surface area contributed by atoms with Crippen molar-refractivity contribution >= 4 is 18.0 Å². The van der Waals surface area contributed by atoms with Gasteiger partial charge in [-0.2, -0.15) is 5.06 Å². The average Bonchev–Trinajstić information content (AvgIpc) is 1.85. The molecule has 2 unspecified atom stereocenters. The molecule has 0 aromatic carbocycles. The SMILES string of the molecule is CC(ON(C)C)C(S[O-])C(=O)[O-].[Na+].[Na+]. The maximum Gasteiger partial charge on any atom is 1.00 e. The van der Waals surface area contributed by atoms with Gasteiger partial charge in [0.15, 0.2) is 0 Å². The van der Waals surface area contributed by atoms with Crippen LogP contribution in [0.5, 0.6) is 0 Å². The Morgan fingerprint density at radius 1 is 1.43 bits per heavy atom. The minimum Gasteiger partial charge on any atom is -0.798 e. The van der Waals surface area contributed by atoms with Crippen LogP contribution in [0.4, 0.5) is 0 Å². The molecular formula is C6H11NNa2O4S. The fourth-order valence-electron chi connectivity index (χ4n) is 0.697. The Kier molecular flexibility index (Phi) is 16.8. The molecule has 0 aliphatic carbocycles. The topological polar surface area (TPSA) is 75.7 Å². The largest absolute Gasteiger partial charge is 1.00 e. The molecule has 0 amide bonds. The average molecular weight is 239 g/mol. The Morgan fingerprint density at radius 2 is 1.86 bits per heavy atom. The van der Waals surface area contributed by atoms with E-state index in [9.17, 15) is 14.5 Å². The molecular weight excluding hydrogens is 228 g/mol. The maximum atomic E-state index is 10.3. The van der Waals surface area contributed by atoms with Gasteiger partial charge in [0.05, 0.1) is 17.3 Å². The Labute approximate surface area is 132 Å². The predicted octanol–water partition coefficient (Wildman–Crippen LogP) is -7.14. The minimum absolute atomic E-state index is 0. The summed E-state index contributed by atoms with van der Waals surface area (Å²) in [6.07, 6.45) is -0.688. The van der Waals surface area contributed by atoms with Crippen molar-refractivity contribution in [1.82, 2.24) is 5.06 Å². The van der Waals surface area contributed by atoms with Gasteiger partial charge in [-0.05, 0) is 6.92 Å². The molecule has 2 atom stereocenters. The third kappa shape index (κ3) is 8.96. The summed E-state index contributed by atoms with van der Waals surface area (Å²) in [5, 5.41) is 10.5. The van der Waals surface area contributed by atoms with Crippen molar-refractivity contribution in [1.29, 1.82) is 0 Å². The molecule has 0 N–H and O–H groups in total. The van der Waals surface area contributed by atoms with Crippen molar-refractivity contribution < 1.29 is 78.4 Å². The van der Waals surface area contributed by atoms with E-state index in [1.165, 1.54) is 12.0 Å². The van der Waals surface area contributed by atoms with Crippen molar-refractivity contribution in [2.45, 2.75) is 18.3 Å². The third-order valence-electron chi connectivity index (χ3n) is 1.14. The molecule has 0 spiro atoms. The van der Waals surface area contributed by atoms with Gasteiger partial charge < -0.3 is 14.5 Å². The minimum atomic E-state index is -1.40. The Hall–Kier alpha value is 1.70. The first-order valence-electron chi connectivity index (χ1n) is 3.32. The molecule has 0 saturated heterocycles. The van der Waals surface area contributed by atoms with Crippen LogP contribution in [-0.4, -0.2) is 41.0 Å². The second-order valence-corrected chi connectivity index (χ2v) is 3.16. The van der Waals surface area contributed by atoms with Gasteiger partial charge in [-0.15, -0.1) is 0 Å². The monoisotopic (exact) mass is 239 g/mol. The summed E-state index contributed by atoms with van der Waals surface area (Å²) in [7, 11) is 3.22. The van der Waals surface area contributed by atoms with E-state index < -0.39 is 17.3 Å². The first-order valence-corrected chi connectivity index (χ1v) is 4.13. The van der Waals surface area contributed by atoms with Crippen LogP contribution in [0.25, 0.3) is 0 Å². The summed E-state index contributed by atoms with van der Waals surface area (Å²) in [5.74, 6) is -1.40. The summed E-state index contributed by atoms with van der Waals surface area (Å²) < 4.78 is 10.3. The Balaban J connectivity index is -0.000000605. The summed E-state index contributed by atoms with van der Waals surface area (Å²) in [5.41, 5.74) is 0. The van der Waals surface area contributed by atoms with E-state index in [-0.39, 0.29) is 71.2 Å². The van der Waals surface area contributed by atoms with E-state index in [0.717, 1.165) is 0 Å². The van der Waals surface area contributed by atoms with E-state index in [2.05, 4.69) is 0 Å². The number of carbonyl (C=O) groups is 1. The van der Waals surface area contributed by atoms with Gasteiger partial charge in [-0.25, -0.2) is 0 Å². The van der Waals surface area contributed by atoms with Crippen LogP contribution < -0.4 is 64.2 Å². The van der Waals surface area contributed by atoms with Crippen LogP contribution in [0.1, 0.15) is 6.92 Å². The quantitative estimate of drug-likeness (QED) is 0.269. The summed E-state index contributed by atoms with van der Waals surface area (Å²) in [6, 6.07) is 0. The zero-order valence-corrected chi connectivity index (χ0v) is 14.0. The standard InChI is InChI=1S/C6H13NO4S.2Na/c1-4(11-7(2)3)5(12-10)6(8)9;;/h4-5,10H,1-3H3,(H,8,9);;/q;2*+1/p-2. The fourth-order valence-corrected chi connectivity index (χ4v) is 0.982. The van der Waals surface area contributed by atoms with Crippen LogP contribution in [0.15, 0.2) is 0 Å². The molecule has 8 heteroatoms. The van der Waals surface area contributed by atoms with Gasteiger partial charge >= 0.3 is 59.1 Å². The van der Waals surface area contributed by atoms with Crippen molar-refractivity contribution in [3.05, 3.63) is 0 Å². The Morgan fingerprint density at radius 3 is 2.07 bits per heavy atom. The second kappa shape index (κ2) is 11.2. The molecule has 0 fully saturated rings. The van der Waals surface area contributed by atoms with Crippen molar-refractivity contribution in [2.24, 2.45) is 0 Å². The first kappa shape index (κ1) is 21.0. The molecule has 0 aliphatic heterocycles. The number of carboxylic acid groups (broad SMARTS) is 1. The normalized spacial score (nSPS) is 13.8. The van der Waals surface area contributed by atoms with Gasteiger partial charge in [0.1, 0.15) is 0 Å². The van der Waals surface area contributed by atoms with Gasteiger partial charge in [-0.3, -0.25) is 16.9 Å². The van der Waals surface area contributed by atoms with Crippen LogP contribution in [0.2, 0.25) is 0 Å². The summed E-state index contributed by atoms with van der Waals surface area (Å²) in [6.45, 7) is 1.51. The predicted molar refractivity (Wildman–Crippen MR) is 41.4 cm³/mol. The number of carbonyl (C=O) groups excluding carboxylic acids is 1. The number of hydrogen-bond donors (Lipinski definition) is 0. The van der Waals surface area contributed by atoms with Gasteiger partial charge in [-0.1, -0.05) is 0 Å². The van der Waals surface area contributed by atoms with E-state index in [1.54, 1.807) is 14.1 Å². The van der Waals surface area contributed by atoms with Crippen LogP contribution in [-0.2, 0) is 9.63 Å². The Bertz CT molecular complexity index is 161. The van der Waals surface area contributed by atoms with Gasteiger partial charge in [0.2, 0.25) is 0 Å². The van der Waals surface area contributed by atoms with Crippen molar-refractivity contribution in [3.8, 4) is 0 Å². The smallest absolute Gasteiger partial charge is 0.798 e. The van der Waals surface area contributed by atoms with E-state index >= 15 is 0 Å². The van der Waals surface area contributed by atoms with Crippen LogP contribution in [0, 0.1) is 0 Å². The summed E-state index contributed by atoms with van der Waals surface area (Å²) in [4.78, 5) is 15.3. The maximum absolute atomic E-state index is 10.3. The molecule has 0 bridgehead atoms. The molecule has 72 valence electrons. The molecule has 0 heterocycles. The van der Waals surface area contributed by atoms with Crippen molar-refractivity contribution in [2.75, 3.05) is 14.1 Å². The third-order valence-corrected chi connectivity index (χ3v) is 1.92. The van der Waals surface area contributed by atoms with Crippen molar-refractivity contribution in [3.63, 3.8) is 0 Å².